The first-order chi connectivity index (χ1) is 10.6. The van der Waals surface area contributed by atoms with Crippen LogP contribution < -0.4 is 5.32 Å². The second-order valence-corrected chi connectivity index (χ2v) is 6.86. The number of benzene rings is 1. The zero-order chi connectivity index (χ0) is 15.5. The van der Waals surface area contributed by atoms with E-state index in [1.165, 1.54) is 12.5 Å². The minimum atomic E-state index is -0.221. The standard InChI is InChI=1S/C18H25FN2O/c1-13-9-17(15-3-2-4-16(19)10-15)21(12-13)18(22)6-5-14-7-8-20-11-14/h2-4,10,13-14,17,20H,5-9,11-12H2,1H3. The Kier molecular flexibility index (Phi) is 4.77. The molecular weight excluding hydrogens is 279 g/mol. The van der Waals surface area contributed by atoms with E-state index in [1.54, 1.807) is 12.1 Å². The molecular formula is C18H25FN2O. The summed E-state index contributed by atoms with van der Waals surface area (Å²) in [5.41, 5.74) is 0.931. The van der Waals surface area contributed by atoms with Crippen molar-refractivity contribution in [3.05, 3.63) is 35.6 Å². The molecule has 2 aliphatic heterocycles. The van der Waals surface area contributed by atoms with E-state index in [1.807, 2.05) is 11.0 Å². The molecule has 0 radical (unpaired) electrons. The number of hydrogen-bond acceptors (Lipinski definition) is 2. The van der Waals surface area contributed by atoms with Gasteiger partial charge in [0.25, 0.3) is 0 Å². The second-order valence-electron chi connectivity index (χ2n) is 6.86. The van der Waals surface area contributed by atoms with Crippen LogP contribution in [0.3, 0.4) is 0 Å². The molecule has 2 aliphatic rings. The number of rotatable bonds is 4. The summed E-state index contributed by atoms with van der Waals surface area (Å²) in [6.07, 6.45) is 3.69. The van der Waals surface area contributed by atoms with Gasteiger partial charge in [0.15, 0.2) is 0 Å². The minimum absolute atomic E-state index is 0.0416. The summed E-state index contributed by atoms with van der Waals surface area (Å²) in [6, 6.07) is 6.75. The monoisotopic (exact) mass is 304 g/mol. The lowest BCUT2D eigenvalue weighted by atomic mass is 10.00. The molecule has 0 spiro atoms. The van der Waals surface area contributed by atoms with Gasteiger partial charge in [-0.25, -0.2) is 4.39 Å². The van der Waals surface area contributed by atoms with Gasteiger partial charge in [0.2, 0.25) is 5.91 Å². The molecule has 3 nitrogen and oxygen atoms in total. The molecule has 0 bridgehead atoms. The number of amides is 1. The summed E-state index contributed by atoms with van der Waals surface area (Å²) in [4.78, 5) is 14.6. The highest BCUT2D eigenvalue weighted by Crippen LogP contribution is 2.36. The normalized spacial score (nSPS) is 28.3. The van der Waals surface area contributed by atoms with Crippen molar-refractivity contribution in [1.29, 1.82) is 0 Å². The number of halogens is 1. The van der Waals surface area contributed by atoms with Crippen molar-refractivity contribution in [3.8, 4) is 0 Å². The maximum Gasteiger partial charge on any atom is 0.223 e. The van der Waals surface area contributed by atoms with Crippen LogP contribution in [0.1, 0.15) is 44.2 Å². The third-order valence-electron chi connectivity index (χ3n) is 4.99. The van der Waals surface area contributed by atoms with Crippen molar-refractivity contribution in [2.45, 2.75) is 38.6 Å². The maximum atomic E-state index is 13.5. The Morgan fingerprint density at radius 1 is 1.45 bits per heavy atom. The fourth-order valence-electron chi connectivity index (χ4n) is 3.78. The Bertz CT molecular complexity index is 528. The molecule has 0 saturated carbocycles. The Morgan fingerprint density at radius 2 is 2.32 bits per heavy atom. The first-order valence-electron chi connectivity index (χ1n) is 8.39. The molecule has 0 aliphatic carbocycles. The molecule has 3 rings (SSSR count). The molecule has 4 heteroatoms. The summed E-state index contributed by atoms with van der Waals surface area (Å²) in [5.74, 6) is 1.12. The number of carbonyl (C=O) groups is 1. The van der Waals surface area contributed by atoms with Crippen molar-refractivity contribution < 1.29 is 9.18 Å². The fraction of sp³-hybridized carbons (Fsp3) is 0.611. The summed E-state index contributed by atoms with van der Waals surface area (Å²) >= 11 is 0. The Hall–Kier alpha value is -1.42. The van der Waals surface area contributed by atoms with Crippen LogP contribution in [0.15, 0.2) is 24.3 Å². The number of hydrogen-bond donors (Lipinski definition) is 1. The number of nitrogens with zero attached hydrogens (tertiary/aromatic N) is 1. The van der Waals surface area contributed by atoms with Crippen LogP contribution in [0.2, 0.25) is 0 Å². The van der Waals surface area contributed by atoms with E-state index < -0.39 is 0 Å². The summed E-state index contributed by atoms with van der Waals surface area (Å²) in [5, 5.41) is 3.35. The highest BCUT2D eigenvalue weighted by atomic mass is 19.1. The van der Waals surface area contributed by atoms with Gasteiger partial charge in [0.05, 0.1) is 6.04 Å². The highest BCUT2D eigenvalue weighted by Gasteiger charge is 2.34. The van der Waals surface area contributed by atoms with E-state index in [0.29, 0.717) is 18.3 Å². The Labute approximate surface area is 131 Å². The zero-order valence-corrected chi connectivity index (χ0v) is 13.2. The van der Waals surface area contributed by atoms with Gasteiger partial charge in [0, 0.05) is 13.0 Å². The first kappa shape index (κ1) is 15.5. The van der Waals surface area contributed by atoms with Crippen molar-refractivity contribution >= 4 is 5.91 Å². The molecule has 0 aromatic heterocycles. The quantitative estimate of drug-likeness (QED) is 0.927. The van der Waals surface area contributed by atoms with Crippen molar-refractivity contribution in [1.82, 2.24) is 10.2 Å². The smallest absolute Gasteiger partial charge is 0.223 e. The average Bonchev–Trinajstić information content (AvgIpc) is 3.14. The lowest BCUT2D eigenvalue weighted by Crippen LogP contribution is -2.31. The fourth-order valence-corrected chi connectivity index (χ4v) is 3.78. The van der Waals surface area contributed by atoms with Gasteiger partial charge in [-0.2, -0.15) is 0 Å². The Morgan fingerprint density at radius 3 is 3.05 bits per heavy atom. The molecule has 22 heavy (non-hydrogen) atoms. The summed E-state index contributed by atoms with van der Waals surface area (Å²) in [6.45, 7) is 5.08. The summed E-state index contributed by atoms with van der Waals surface area (Å²) in [7, 11) is 0. The number of nitrogens with one attached hydrogen (secondary N) is 1. The van der Waals surface area contributed by atoms with Crippen molar-refractivity contribution in [3.63, 3.8) is 0 Å². The number of likely N-dealkylation sites (tertiary alicyclic amines) is 1. The SMILES string of the molecule is CC1CC(c2cccc(F)c2)N(C(=O)CCC2CCNC2)C1. The molecule has 2 saturated heterocycles. The maximum absolute atomic E-state index is 13.5. The van der Waals surface area contributed by atoms with Crippen LogP contribution >= 0.6 is 0 Å². The van der Waals surface area contributed by atoms with Crippen LogP contribution in [0, 0.1) is 17.7 Å². The van der Waals surface area contributed by atoms with Gasteiger partial charge in [-0.1, -0.05) is 19.1 Å². The van der Waals surface area contributed by atoms with E-state index in [-0.39, 0.29) is 17.8 Å². The van der Waals surface area contributed by atoms with Gasteiger partial charge < -0.3 is 10.2 Å². The molecule has 2 heterocycles. The Balaban J connectivity index is 1.65. The van der Waals surface area contributed by atoms with Gasteiger partial charge >= 0.3 is 0 Å². The molecule has 3 atom stereocenters. The molecule has 120 valence electrons. The molecule has 3 unspecified atom stereocenters. The molecule has 1 N–H and O–H groups in total. The van der Waals surface area contributed by atoms with E-state index in [4.69, 9.17) is 0 Å². The van der Waals surface area contributed by atoms with E-state index >= 15 is 0 Å². The average molecular weight is 304 g/mol. The van der Waals surface area contributed by atoms with Crippen LogP contribution in [-0.4, -0.2) is 30.4 Å². The van der Waals surface area contributed by atoms with E-state index in [2.05, 4.69) is 12.2 Å². The third kappa shape index (κ3) is 3.49. The van der Waals surface area contributed by atoms with Crippen LogP contribution in [0.4, 0.5) is 4.39 Å². The van der Waals surface area contributed by atoms with E-state index in [0.717, 1.165) is 38.0 Å². The third-order valence-corrected chi connectivity index (χ3v) is 4.99. The zero-order valence-electron chi connectivity index (χ0n) is 13.2. The van der Waals surface area contributed by atoms with Gasteiger partial charge in [-0.3, -0.25) is 4.79 Å². The lowest BCUT2D eigenvalue weighted by molar-refractivity contribution is -0.132. The van der Waals surface area contributed by atoms with Crippen LogP contribution in [0.5, 0.6) is 0 Å². The van der Waals surface area contributed by atoms with Crippen molar-refractivity contribution in [2.75, 3.05) is 19.6 Å². The van der Waals surface area contributed by atoms with Crippen LogP contribution in [-0.2, 0) is 4.79 Å². The predicted molar refractivity (Wildman–Crippen MR) is 84.8 cm³/mol. The predicted octanol–water partition coefficient (Wildman–Crippen LogP) is 3.12. The minimum Gasteiger partial charge on any atom is -0.335 e. The van der Waals surface area contributed by atoms with Gasteiger partial charge in [-0.15, -0.1) is 0 Å². The summed E-state index contributed by atoms with van der Waals surface area (Å²) < 4.78 is 13.5. The highest BCUT2D eigenvalue weighted by molar-refractivity contribution is 5.77. The molecule has 2 fully saturated rings. The number of carbonyl (C=O) groups excluding carboxylic acids is 1. The van der Waals surface area contributed by atoms with Crippen LogP contribution in [0.25, 0.3) is 0 Å². The topological polar surface area (TPSA) is 32.3 Å². The van der Waals surface area contributed by atoms with Gasteiger partial charge in [0.1, 0.15) is 5.82 Å². The molecule has 1 amide bonds. The van der Waals surface area contributed by atoms with Crippen molar-refractivity contribution in [2.24, 2.45) is 11.8 Å². The van der Waals surface area contributed by atoms with Gasteiger partial charge in [-0.05, 0) is 61.9 Å². The molecule has 1 aromatic carbocycles. The largest absolute Gasteiger partial charge is 0.335 e. The lowest BCUT2D eigenvalue weighted by Gasteiger charge is -2.25. The second kappa shape index (κ2) is 6.78. The first-order valence-corrected chi connectivity index (χ1v) is 8.39. The van der Waals surface area contributed by atoms with E-state index in [9.17, 15) is 9.18 Å². The molecule has 1 aromatic rings.